The molecule has 3 rings (SSSR count). The van der Waals surface area contributed by atoms with Gasteiger partial charge in [-0.3, -0.25) is 0 Å². The largest absolute Gasteiger partial charge is 0.362 e. The Morgan fingerprint density at radius 2 is 1.25 bits per heavy atom. The van der Waals surface area contributed by atoms with Crippen LogP contribution in [-0.4, -0.2) is 0 Å². The molecule has 0 amide bonds. The number of hydrogen-bond acceptors (Lipinski definition) is 2. The van der Waals surface area contributed by atoms with Gasteiger partial charge in [-0.2, -0.15) is 0 Å². The van der Waals surface area contributed by atoms with Crippen LogP contribution in [0.15, 0.2) is 81.7 Å². The Morgan fingerprint density at radius 1 is 0.708 bits per heavy atom. The molecule has 0 radical (unpaired) electrons. The fraction of sp³-hybridized carbons (Fsp3) is 0.100. The molecule has 0 aliphatic carbocycles. The van der Waals surface area contributed by atoms with Gasteiger partial charge in [0.1, 0.15) is 6.17 Å². The molecule has 2 N–H and O–H groups in total. The number of hydrogen-bond donors (Lipinski definition) is 2. The van der Waals surface area contributed by atoms with Crippen molar-refractivity contribution in [2.75, 3.05) is 10.6 Å². The Kier molecular flexibility index (Phi) is 5.59. The predicted octanol–water partition coefficient (Wildman–Crippen LogP) is 6.74. The van der Waals surface area contributed by atoms with Gasteiger partial charge in [-0.05, 0) is 54.4 Å². The maximum absolute atomic E-state index is 3.59. The minimum absolute atomic E-state index is 0.0326. The molecule has 0 aliphatic heterocycles. The van der Waals surface area contributed by atoms with E-state index in [1.54, 1.807) is 0 Å². The fourth-order valence-corrected chi connectivity index (χ4v) is 3.39. The Morgan fingerprint density at radius 3 is 1.75 bits per heavy atom. The van der Waals surface area contributed by atoms with E-state index in [-0.39, 0.29) is 6.17 Å². The van der Waals surface area contributed by atoms with Crippen molar-refractivity contribution in [2.45, 2.75) is 13.1 Å². The number of benzene rings is 3. The number of nitrogens with one attached hydrogen (secondary N) is 2. The van der Waals surface area contributed by atoms with Crippen LogP contribution in [0.5, 0.6) is 0 Å². The monoisotopic (exact) mass is 444 g/mol. The van der Waals surface area contributed by atoms with Gasteiger partial charge in [0.2, 0.25) is 0 Å². The molecule has 0 unspecified atom stereocenters. The van der Waals surface area contributed by atoms with Crippen molar-refractivity contribution in [3.05, 3.63) is 92.9 Å². The first kappa shape index (κ1) is 17.1. The summed E-state index contributed by atoms with van der Waals surface area (Å²) in [5.41, 5.74) is 4.57. The first-order valence-electron chi connectivity index (χ1n) is 7.71. The van der Waals surface area contributed by atoms with Crippen molar-refractivity contribution < 1.29 is 0 Å². The summed E-state index contributed by atoms with van der Waals surface area (Å²) in [6.45, 7) is 2.13. The van der Waals surface area contributed by atoms with Gasteiger partial charge < -0.3 is 10.6 Å². The van der Waals surface area contributed by atoms with Crippen LogP contribution in [0.3, 0.4) is 0 Å². The van der Waals surface area contributed by atoms with Crippen LogP contribution >= 0.6 is 31.9 Å². The Hall–Kier alpha value is -1.78. The molecular weight excluding hydrogens is 428 g/mol. The maximum atomic E-state index is 3.59. The Bertz CT molecular complexity index is 786. The smallest absolute Gasteiger partial charge is 0.123 e. The molecule has 2 nitrogen and oxygen atoms in total. The van der Waals surface area contributed by atoms with E-state index in [2.05, 4.69) is 97.9 Å². The lowest BCUT2D eigenvalue weighted by atomic mass is 10.1. The van der Waals surface area contributed by atoms with Gasteiger partial charge in [-0.1, -0.05) is 68.3 Å². The average molecular weight is 446 g/mol. The highest BCUT2D eigenvalue weighted by molar-refractivity contribution is 9.10. The molecule has 24 heavy (non-hydrogen) atoms. The van der Waals surface area contributed by atoms with Gasteiger partial charge in [0.05, 0.1) is 0 Å². The fourth-order valence-electron chi connectivity index (χ4n) is 2.59. The summed E-state index contributed by atoms with van der Waals surface area (Å²) in [4.78, 5) is 0. The molecule has 0 saturated heterocycles. The van der Waals surface area contributed by atoms with Gasteiger partial charge in [-0.25, -0.2) is 0 Å². The third-order valence-electron chi connectivity index (χ3n) is 3.77. The second kappa shape index (κ2) is 7.86. The average Bonchev–Trinajstić information content (AvgIpc) is 2.55. The van der Waals surface area contributed by atoms with Crippen LogP contribution in [0.4, 0.5) is 11.4 Å². The van der Waals surface area contributed by atoms with Crippen molar-refractivity contribution >= 4 is 43.2 Å². The van der Waals surface area contributed by atoms with E-state index in [0.29, 0.717) is 0 Å². The summed E-state index contributed by atoms with van der Waals surface area (Å²) in [6, 6.07) is 24.8. The lowest BCUT2D eigenvalue weighted by molar-refractivity contribution is 0.891. The van der Waals surface area contributed by atoms with Crippen LogP contribution in [0, 0.1) is 6.92 Å². The summed E-state index contributed by atoms with van der Waals surface area (Å²) in [5.74, 6) is 0. The van der Waals surface area contributed by atoms with E-state index in [4.69, 9.17) is 0 Å². The van der Waals surface area contributed by atoms with Crippen molar-refractivity contribution in [2.24, 2.45) is 0 Å². The molecule has 0 saturated carbocycles. The van der Waals surface area contributed by atoms with E-state index in [1.807, 2.05) is 24.3 Å². The first-order chi connectivity index (χ1) is 11.6. The van der Waals surface area contributed by atoms with Gasteiger partial charge in [0.25, 0.3) is 0 Å². The normalized spacial score (nSPS) is 10.7. The predicted molar refractivity (Wildman–Crippen MR) is 109 cm³/mol. The van der Waals surface area contributed by atoms with Crippen LogP contribution in [-0.2, 0) is 0 Å². The summed E-state index contributed by atoms with van der Waals surface area (Å²) in [6.07, 6.45) is -0.0326. The van der Waals surface area contributed by atoms with Crippen molar-refractivity contribution in [3.8, 4) is 0 Å². The van der Waals surface area contributed by atoms with Crippen LogP contribution in [0.2, 0.25) is 0 Å². The Labute approximate surface area is 159 Å². The second-order valence-corrected chi connectivity index (χ2v) is 7.43. The Balaban J connectivity index is 1.93. The molecule has 3 aromatic carbocycles. The quantitative estimate of drug-likeness (QED) is 0.424. The molecule has 0 aromatic heterocycles. The minimum atomic E-state index is -0.0326. The van der Waals surface area contributed by atoms with Gasteiger partial charge >= 0.3 is 0 Å². The molecule has 0 atom stereocenters. The van der Waals surface area contributed by atoms with Crippen LogP contribution in [0.25, 0.3) is 0 Å². The summed E-state index contributed by atoms with van der Waals surface area (Å²) in [7, 11) is 0. The van der Waals surface area contributed by atoms with Crippen molar-refractivity contribution in [1.29, 1.82) is 0 Å². The molecule has 3 aromatic rings. The zero-order chi connectivity index (χ0) is 16.9. The third-order valence-corrected chi connectivity index (χ3v) is 4.76. The van der Waals surface area contributed by atoms with Gasteiger partial charge in [0.15, 0.2) is 0 Å². The molecule has 0 heterocycles. The van der Waals surface area contributed by atoms with Crippen LogP contribution in [0.1, 0.15) is 17.3 Å². The molecule has 122 valence electrons. The topological polar surface area (TPSA) is 24.1 Å². The lowest BCUT2D eigenvalue weighted by Gasteiger charge is -2.24. The van der Waals surface area contributed by atoms with E-state index in [1.165, 1.54) is 11.1 Å². The highest BCUT2D eigenvalue weighted by Gasteiger charge is 2.13. The highest BCUT2D eigenvalue weighted by Crippen LogP contribution is 2.27. The van der Waals surface area contributed by atoms with Crippen molar-refractivity contribution in [1.82, 2.24) is 0 Å². The minimum Gasteiger partial charge on any atom is -0.362 e. The van der Waals surface area contributed by atoms with Gasteiger partial charge in [-0.15, -0.1) is 0 Å². The van der Waals surface area contributed by atoms with E-state index in [0.717, 1.165) is 20.3 Å². The molecule has 0 fully saturated rings. The summed E-state index contributed by atoms with van der Waals surface area (Å²) < 4.78 is 2.11. The van der Waals surface area contributed by atoms with E-state index >= 15 is 0 Å². The highest BCUT2D eigenvalue weighted by atomic mass is 79.9. The van der Waals surface area contributed by atoms with E-state index < -0.39 is 0 Å². The maximum Gasteiger partial charge on any atom is 0.123 e. The van der Waals surface area contributed by atoms with Gasteiger partial charge in [0, 0.05) is 20.3 Å². The zero-order valence-corrected chi connectivity index (χ0v) is 16.4. The van der Waals surface area contributed by atoms with E-state index in [9.17, 15) is 0 Å². The lowest BCUT2D eigenvalue weighted by Crippen LogP contribution is -2.20. The third kappa shape index (κ3) is 4.40. The van der Waals surface area contributed by atoms with Crippen molar-refractivity contribution in [3.63, 3.8) is 0 Å². The number of anilines is 2. The zero-order valence-electron chi connectivity index (χ0n) is 13.3. The van der Waals surface area contributed by atoms with Crippen LogP contribution < -0.4 is 10.6 Å². The number of rotatable bonds is 5. The summed E-state index contributed by atoms with van der Waals surface area (Å²) >= 11 is 7.07. The molecule has 0 spiro atoms. The SMILES string of the molecule is Cc1ccccc1C(Nc1cccc(Br)c1)Nc1cccc(Br)c1. The number of halogens is 2. The molecule has 0 bridgehead atoms. The first-order valence-corrected chi connectivity index (χ1v) is 9.30. The molecular formula is C20H18Br2N2. The number of aryl methyl sites for hydroxylation is 1. The second-order valence-electron chi connectivity index (χ2n) is 5.60. The molecule has 4 heteroatoms. The molecule has 0 aliphatic rings. The standard InChI is InChI=1S/C20H18Br2N2/c1-14-6-2-3-11-19(14)20(23-17-9-4-7-15(21)12-17)24-18-10-5-8-16(22)13-18/h2-13,20,23-24H,1H3. The summed E-state index contributed by atoms with van der Waals surface area (Å²) in [5, 5.41) is 7.18.